The summed E-state index contributed by atoms with van der Waals surface area (Å²) in [6, 6.07) is 17.3. The van der Waals surface area contributed by atoms with Gasteiger partial charge >= 0.3 is 11.8 Å². The molecular weight excluding hydrogens is 679 g/mol. The Morgan fingerprint density at radius 3 is 2.35 bits per heavy atom. The van der Waals surface area contributed by atoms with Crippen molar-refractivity contribution < 1.29 is 24.6 Å². The number of carbonyl (C=O) groups is 3. The second kappa shape index (κ2) is 18.1. The maximum absolute atomic E-state index is 14.4. The number of aliphatic hydroxyl groups excluding tert-OH is 1. The zero-order chi connectivity index (χ0) is 37.4. The molecule has 290 valence electrons. The van der Waals surface area contributed by atoms with Gasteiger partial charge in [0.05, 0.1) is 6.04 Å². The van der Waals surface area contributed by atoms with Crippen LogP contribution < -0.4 is 5.32 Å². The molecule has 3 heterocycles. The first-order valence-corrected chi connectivity index (χ1v) is 20.6. The van der Waals surface area contributed by atoms with E-state index in [0.29, 0.717) is 45.1 Å². The number of allylic oxidation sites excluding steroid dienone is 3. The maximum atomic E-state index is 14.4. The fourth-order valence-corrected chi connectivity index (χ4v) is 9.69. The van der Waals surface area contributed by atoms with Gasteiger partial charge in [0, 0.05) is 50.8 Å². The minimum Gasteiger partial charge on any atom is -0.508 e. The van der Waals surface area contributed by atoms with Gasteiger partial charge in [-0.2, -0.15) is 0 Å². The molecule has 0 spiro atoms. The van der Waals surface area contributed by atoms with Crippen LogP contribution in [0.3, 0.4) is 0 Å². The lowest BCUT2D eigenvalue weighted by Gasteiger charge is -2.46. The molecule has 54 heavy (non-hydrogen) atoms. The molecule has 10 nitrogen and oxygen atoms in total. The number of likely N-dealkylation sites (tertiary alicyclic amines) is 1. The number of benzene rings is 2. The van der Waals surface area contributed by atoms with E-state index in [1.807, 2.05) is 45.0 Å². The van der Waals surface area contributed by atoms with E-state index < -0.39 is 18.0 Å². The van der Waals surface area contributed by atoms with Crippen LogP contribution in [-0.4, -0.2) is 117 Å². The zero-order valence-corrected chi connectivity index (χ0v) is 31.7. The molecule has 2 aromatic carbocycles. The third kappa shape index (κ3) is 9.44. The van der Waals surface area contributed by atoms with E-state index in [-0.39, 0.29) is 35.8 Å². The smallest absolute Gasteiger partial charge is 0.312 e. The van der Waals surface area contributed by atoms with Gasteiger partial charge in [0.1, 0.15) is 5.75 Å². The predicted octanol–water partition coefficient (Wildman–Crippen LogP) is 4.81. The molecular formula is C44H59N5O5. The van der Waals surface area contributed by atoms with Gasteiger partial charge in [-0.1, -0.05) is 98.4 Å². The van der Waals surface area contributed by atoms with Crippen LogP contribution in [0.4, 0.5) is 0 Å². The van der Waals surface area contributed by atoms with Crippen LogP contribution in [0, 0.1) is 5.92 Å². The Kier molecular flexibility index (Phi) is 12.8. The first kappa shape index (κ1) is 38.3. The van der Waals surface area contributed by atoms with Crippen LogP contribution in [-0.2, 0) is 27.2 Å². The highest BCUT2D eigenvalue weighted by Crippen LogP contribution is 2.33. The standard InChI is InChI=1S/C44H59N5O5/c50-40-20-18-35(19-21-40)27-39-31-49(44(54)43(53)47(39)24-22-32-11-4-1-5-12-32)38(26-34-15-8-3-9-16-34)29-46-23-10-17-36(46)30-48-37(28-45-41(51)42(48)52)25-33-13-6-2-7-14-33/h1-2,4,6-7,11,13-14,18-21,34,36-39,42,50,52H,3,5,8-10,12,15-17,22-31H2,(H,45,51)/t36-,37-,38+,39?,42?/m0/s1. The average molecular weight is 738 g/mol. The van der Waals surface area contributed by atoms with E-state index in [9.17, 15) is 24.6 Å². The molecule has 3 N–H and O–H groups in total. The van der Waals surface area contributed by atoms with E-state index in [2.05, 4.69) is 40.6 Å². The largest absolute Gasteiger partial charge is 0.508 e. The summed E-state index contributed by atoms with van der Waals surface area (Å²) in [5.41, 5.74) is 3.51. The number of carbonyl (C=O) groups excluding carboxylic acids is 3. The number of piperazine rings is 2. The maximum Gasteiger partial charge on any atom is 0.312 e. The lowest BCUT2D eigenvalue weighted by Crippen LogP contribution is -2.65. The van der Waals surface area contributed by atoms with Crippen molar-refractivity contribution in [3.63, 3.8) is 0 Å². The van der Waals surface area contributed by atoms with Crippen molar-refractivity contribution in [1.29, 1.82) is 0 Å². The molecule has 2 unspecified atom stereocenters. The van der Waals surface area contributed by atoms with Gasteiger partial charge in [0.25, 0.3) is 5.91 Å². The zero-order valence-electron chi connectivity index (χ0n) is 31.7. The van der Waals surface area contributed by atoms with Gasteiger partial charge in [-0.25, -0.2) is 0 Å². The van der Waals surface area contributed by atoms with Gasteiger partial charge in [0.15, 0.2) is 6.23 Å². The van der Waals surface area contributed by atoms with Gasteiger partial charge in [-0.3, -0.25) is 24.2 Å². The van der Waals surface area contributed by atoms with Crippen molar-refractivity contribution in [2.45, 2.75) is 114 Å². The van der Waals surface area contributed by atoms with Crippen molar-refractivity contribution in [1.82, 2.24) is 24.9 Å². The SMILES string of the molecule is O=C1NC[C@H](Cc2ccccc2)N(C[C@@H]2CCCN2C[C@@H](CC2CCCCC2)N2CC(Cc3ccc(O)cc3)N(CCC3=CC=CCC3)C(=O)C2=O)C1O. The third-order valence-electron chi connectivity index (χ3n) is 12.7. The minimum absolute atomic E-state index is 0.0334. The molecule has 4 fully saturated rings. The van der Waals surface area contributed by atoms with Crippen molar-refractivity contribution in [2.24, 2.45) is 5.92 Å². The Bertz CT molecular complexity index is 1640. The van der Waals surface area contributed by atoms with Crippen molar-refractivity contribution in [3.8, 4) is 5.75 Å². The number of amides is 3. The van der Waals surface area contributed by atoms with E-state index in [4.69, 9.17) is 0 Å². The molecule has 10 heteroatoms. The van der Waals surface area contributed by atoms with Crippen LogP contribution >= 0.6 is 0 Å². The summed E-state index contributed by atoms with van der Waals surface area (Å²) in [7, 11) is 0. The molecule has 7 rings (SSSR count). The monoisotopic (exact) mass is 737 g/mol. The Hall–Kier alpha value is -3.99. The number of aromatic hydroxyl groups is 1. The van der Waals surface area contributed by atoms with Gasteiger partial charge < -0.3 is 25.3 Å². The predicted molar refractivity (Wildman–Crippen MR) is 209 cm³/mol. The Morgan fingerprint density at radius 2 is 1.59 bits per heavy atom. The number of nitrogens with one attached hydrogen (secondary N) is 1. The van der Waals surface area contributed by atoms with E-state index in [1.54, 1.807) is 12.1 Å². The van der Waals surface area contributed by atoms with Crippen LogP contribution in [0.1, 0.15) is 81.8 Å². The summed E-state index contributed by atoms with van der Waals surface area (Å²) in [6.07, 6.45) is 18.1. The first-order valence-electron chi connectivity index (χ1n) is 20.6. The highest BCUT2D eigenvalue weighted by Gasteiger charge is 2.44. The number of aliphatic hydroxyl groups is 1. The number of rotatable bonds is 14. The average Bonchev–Trinajstić information content (AvgIpc) is 3.63. The molecule has 2 aliphatic carbocycles. The molecule has 0 aromatic heterocycles. The number of phenolic OH excluding ortho intramolecular Hbond substituents is 1. The summed E-state index contributed by atoms with van der Waals surface area (Å²) >= 11 is 0. The minimum atomic E-state index is -1.21. The quantitative estimate of drug-likeness (QED) is 0.239. The first-order chi connectivity index (χ1) is 26.3. The Balaban J connectivity index is 1.11. The highest BCUT2D eigenvalue weighted by molar-refractivity contribution is 6.35. The molecule has 0 bridgehead atoms. The van der Waals surface area contributed by atoms with E-state index >= 15 is 0 Å². The summed E-state index contributed by atoms with van der Waals surface area (Å²) in [6.45, 7) is 3.60. The molecule has 3 aliphatic heterocycles. The second-order valence-electron chi connectivity index (χ2n) is 16.4. The van der Waals surface area contributed by atoms with Crippen LogP contribution in [0.25, 0.3) is 0 Å². The fourth-order valence-electron chi connectivity index (χ4n) is 9.69. The van der Waals surface area contributed by atoms with Crippen LogP contribution in [0.2, 0.25) is 0 Å². The van der Waals surface area contributed by atoms with Gasteiger partial charge in [-0.05, 0) is 87.1 Å². The number of hydrogen-bond acceptors (Lipinski definition) is 7. The molecule has 1 saturated carbocycles. The van der Waals surface area contributed by atoms with E-state index in [0.717, 1.165) is 69.9 Å². The lowest BCUT2D eigenvalue weighted by atomic mass is 9.84. The summed E-state index contributed by atoms with van der Waals surface area (Å²) < 4.78 is 0. The highest BCUT2D eigenvalue weighted by atomic mass is 16.3. The van der Waals surface area contributed by atoms with E-state index in [1.165, 1.54) is 30.4 Å². The Morgan fingerprint density at radius 1 is 0.833 bits per heavy atom. The number of phenols is 1. The summed E-state index contributed by atoms with van der Waals surface area (Å²) in [4.78, 5) is 49.6. The number of nitrogens with zero attached hydrogens (tertiary/aromatic N) is 4. The number of hydrogen-bond donors (Lipinski definition) is 3. The topological polar surface area (TPSA) is 117 Å². The molecule has 3 amide bonds. The van der Waals surface area contributed by atoms with Crippen LogP contribution in [0.5, 0.6) is 5.75 Å². The summed E-state index contributed by atoms with van der Waals surface area (Å²) in [5, 5.41) is 24.1. The van der Waals surface area contributed by atoms with Gasteiger partial charge in [0.2, 0.25) is 0 Å². The fraction of sp³-hybridized carbons (Fsp3) is 0.568. The molecule has 3 saturated heterocycles. The Labute approximate surface area is 320 Å². The molecule has 0 radical (unpaired) electrons. The normalized spacial score (nSPS) is 26.6. The second-order valence-corrected chi connectivity index (χ2v) is 16.4. The van der Waals surface area contributed by atoms with Crippen molar-refractivity contribution >= 4 is 17.7 Å². The third-order valence-corrected chi connectivity index (χ3v) is 12.7. The molecule has 5 atom stereocenters. The van der Waals surface area contributed by atoms with Gasteiger partial charge in [-0.15, -0.1) is 0 Å². The van der Waals surface area contributed by atoms with Crippen molar-refractivity contribution in [2.75, 3.05) is 39.3 Å². The van der Waals surface area contributed by atoms with Crippen molar-refractivity contribution in [3.05, 3.63) is 89.5 Å². The lowest BCUT2D eigenvalue weighted by molar-refractivity contribution is -0.161. The molecule has 2 aromatic rings. The summed E-state index contributed by atoms with van der Waals surface area (Å²) in [5.74, 6) is -0.430. The van der Waals surface area contributed by atoms with Crippen LogP contribution in [0.15, 0.2) is 78.4 Å². The molecule has 5 aliphatic rings.